The van der Waals surface area contributed by atoms with Gasteiger partial charge in [-0.05, 0) is 6.07 Å². The summed E-state index contributed by atoms with van der Waals surface area (Å²) in [5.74, 6) is -1.05. The zero-order valence-corrected chi connectivity index (χ0v) is 8.54. The van der Waals surface area contributed by atoms with Gasteiger partial charge in [-0.3, -0.25) is 14.7 Å². The molecule has 0 aliphatic carbocycles. The Kier molecular flexibility index (Phi) is 2.65. The number of H-pyrrole nitrogens is 1. The SMILES string of the molecule is O=C(O)c1ccoc1Cn1[nH]c(=O)ccc1=O. The highest BCUT2D eigenvalue weighted by molar-refractivity contribution is 5.88. The molecule has 7 heteroatoms. The number of carboxylic acids is 1. The Balaban J connectivity index is 2.41. The van der Waals surface area contributed by atoms with E-state index in [2.05, 4.69) is 5.10 Å². The fraction of sp³-hybridized carbons (Fsp3) is 0.100. The summed E-state index contributed by atoms with van der Waals surface area (Å²) in [5, 5.41) is 11.1. The second-order valence-electron chi connectivity index (χ2n) is 3.30. The number of hydrogen-bond donors (Lipinski definition) is 2. The van der Waals surface area contributed by atoms with E-state index in [1.807, 2.05) is 0 Å². The molecule has 17 heavy (non-hydrogen) atoms. The molecule has 2 rings (SSSR count). The first kappa shape index (κ1) is 10.9. The van der Waals surface area contributed by atoms with Gasteiger partial charge in [0.15, 0.2) is 0 Å². The van der Waals surface area contributed by atoms with Crippen molar-refractivity contribution >= 4 is 5.97 Å². The average Bonchev–Trinajstić information content (AvgIpc) is 2.71. The van der Waals surface area contributed by atoms with Crippen LogP contribution >= 0.6 is 0 Å². The molecule has 0 atom stereocenters. The summed E-state index contributed by atoms with van der Waals surface area (Å²) in [5.41, 5.74) is -0.938. The highest BCUT2D eigenvalue weighted by Crippen LogP contribution is 2.10. The zero-order valence-electron chi connectivity index (χ0n) is 8.54. The second kappa shape index (κ2) is 4.12. The van der Waals surface area contributed by atoms with Crippen molar-refractivity contribution in [2.24, 2.45) is 0 Å². The minimum Gasteiger partial charge on any atom is -0.478 e. The number of rotatable bonds is 3. The molecule has 2 N–H and O–H groups in total. The van der Waals surface area contributed by atoms with E-state index in [1.165, 1.54) is 12.3 Å². The van der Waals surface area contributed by atoms with Crippen LogP contribution in [0.25, 0.3) is 0 Å². The molecule has 0 bridgehead atoms. The molecule has 0 spiro atoms. The van der Waals surface area contributed by atoms with Crippen molar-refractivity contribution in [3.05, 3.63) is 56.5 Å². The van der Waals surface area contributed by atoms with E-state index in [1.54, 1.807) is 0 Å². The van der Waals surface area contributed by atoms with Crippen LogP contribution in [0.15, 0.2) is 38.5 Å². The van der Waals surface area contributed by atoms with Gasteiger partial charge in [0.1, 0.15) is 17.9 Å². The first-order valence-corrected chi connectivity index (χ1v) is 4.68. The Morgan fingerprint density at radius 2 is 2.12 bits per heavy atom. The first-order chi connectivity index (χ1) is 8.08. The highest BCUT2D eigenvalue weighted by atomic mass is 16.4. The standard InChI is InChI=1S/C10H8N2O5/c13-8-1-2-9(14)12(11-8)5-7-6(10(15)16)3-4-17-7/h1-4H,5H2,(H,11,13)(H,15,16). The summed E-state index contributed by atoms with van der Waals surface area (Å²) in [6.45, 7) is -0.135. The number of carboxylic acid groups (broad SMARTS) is 1. The normalized spacial score (nSPS) is 10.4. The summed E-state index contributed by atoms with van der Waals surface area (Å²) in [6, 6.07) is 3.48. The van der Waals surface area contributed by atoms with Crippen LogP contribution in [-0.4, -0.2) is 20.9 Å². The maximum Gasteiger partial charge on any atom is 0.339 e. The second-order valence-corrected chi connectivity index (χ2v) is 3.30. The van der Waals surface area contributed by atoms with Crippen LogP contribution < -0.4 is 11.1 Å². The first-order valence-electron chi connectivity index (χ1n) is 4.68. The predicted molar refractivity (Wildman–Crippen MR) is 56.1 cm³/mol. The van der Waals surface area contributed by atoms with E-state index in [0.717, 1.165) is 16.8 Å². The van der Waals surface area contributed by atoms with E-state index in [4.69, 9.17) is 9.52 Å². The number of aromatic nitrogens is 2. The molecule has 2 heterocycles. The third-order valence-electron chi connectivity index (χ3n) is 2.17. The summed E-state index contributed by atoms with van der Waals surface area (Å²) in [6.07, 6.45) is 1.21. The molecule has 0 amide bonds. The Bertz CT molecular complexity index is 664. The fourth-order valence-electron chi connectivity index (χ4n) is 1.38. The Morgan fingerprint density at radius 1 is 1.35 bits per heavy atom. The van der Waals surface area contributed by atoms with Crippen molar-refractivity contribution < 1.29 is 14.3 Å². The topological polar surface area (TPSA) is 105 Å². The van der Waals surface area contributed by atoms with Crippen LogP contribution in [-0.2, 0) is 6.54 Å². The van der Waals surface area contributed by atoms with Gasteiger partial charge in [0, 0.05) is 12.1 Å². The fourth-order valence-corrected chi connectivity index (χ4v) is 1.38. The van der Waals surface area contributed by atoms with Gasteiger partial charge in [0.25, 0.3) is 11.1 Å². The van der Waals surface area contributed by atoms with Crippen LogP contribution in [0.1, 0.15) is 16.1 Å². The summed E-state index contributed by atoms with van der Waals surface area (Å²) >= 11 is 0. The minimum absolute atomic E-state index is 0.0402. The summed E-state index contributed by atoms with van der Waals surface area (Å²) in [7, 11) is 0. The van der Waals surface area contributed by atoms with Crippen molar-refractivity contribution in [2.75, 3.05) is 0 Å². The van der Waals surface area contributed by atoms with Crippen molar-refractivity contribution in [2.45, 2.75) is 6.54 Å². The number of nitrogens with one attached hydrogen (secondary N) is 1. The van der Waals surface area contributed by atoms with Crippen molar-refractivity contribution in [3.8, 4) is 0 Å². The number of nitrogens with zero attached hydrogens (tertiary/aromatic N) is 1. The predicted octanol–water partition coefficient (Wildman–Crippen LogP) is -0.124. The van der Waals surface area contributed by atoms with Crippen LogP contribution in [0.4, 0.5) is 0 Å². The Labute approximate surface area is 93.9 Å². The quantitative estimate of drug-likeness (QED) is 0.772. The summed E-state index contributed by atoms with van der Waals surface area (Å²) < 4.78 is 5.94. The zero-order chi connectivity index (χ0) is 12.4. The molecular weight excluding hydrogens is 228 g/mol. The number of furan rings is 1. The molecule has 2 aromatic heterocycles. The van der Waals surface area contributed by atoms with E-state index >= 15 is 0 Å². The van der Waals surface area contributed by atoms with Crippen molar-refractivity contribution in [1.82, 2.24) is 9.78 Å². The van der Waals surface area contributed by atoms with Crippen LogP contribution in [0.2, 0.25) is 0 Å². The third kappa shape index (κ3) is 2.17. The lowest BCUT2D eigenvalue weighted by atomic mass is 10.2. The van der Waals surface area contributed by atoms with Gasteiger partial charge in [-0.25, -0.2) is 9.48 Å². The van der Waals surface area contributed by atoms with E-state index in [-0.39, 0.29) is 17.9 Å². The maximum absolute atomic E-state index is 11.4. The number of hydrogen-bond acceptors (Lipinski definition) is 4. The Hall–Kier alpha value is -2.57. The largest absolute Gasteiger partial charge is 0.478 e. The maximum atomic E-state index is 11.4. The smallest absolute Gasteiger partial charge is 0.339 e. The van der Waals surface area contributed by atoms with E-state index < -0.39 is 17.1 Å². The lowest BCUT2D eigenvalue weighted by molar-refractivity contribution is 0.0694. The molecule has 2 aromatic rings. The average molecular weight is 236 g/mol. The molecule has 7 nitrogen and oxygen atoms in total. The van der Waals surface area contributed by atoms with Gasteiger partial charge in [0.05, 0.1) is 6.26 Å². The lowest BCUT2D eigenvalue weighted by Gasteiger charge is -2.02. The molecule has 0 fully saturated rings. The van der Waals surface area contributed by atoms with E-state index in [0.29, 0.717) is 0 Å². The van der Waals surface area contributed by atoms with Gasteiger partial charge in [-0.2, -0.15) is 0 Å². The van der Waals surface area contributed by atoms with Crippen LogP contribution in [0, 0.1) is 0 Å². The van der Waals surface area contributed by atoms with Gasteiger partial charge in [-0.1, -0.05) is 0 Å². The molecular formula is C10H8N2O5. The molecule has 88 valence electrons. The monoisotopic (exact) mass is 236 g/mol. The molecule has 0 aromatic carbocycles. The summed E-state index contributed by atoms with van der Waals surface area (Å²) in [4.78, 5) is 33.2. The molecule has 0 aliphatic heterocycles. The minimum atomic E-state index is -1.15. The highest BCUT2D eigenvalue weighted by Gasteiger charge is 2.14. The van der Waals surface area contributed by atoms with Crippen LogP contribution in [0.5, 0.6) is 0 Å². The van der Waals surface area contributed by atoms with Gasteiger partial charge in [0.2, 0.25) is 0 Å². The van der Waals surface area contributed by atoms with Crippen molar-refractivity contribution in [3.63, 3.8) is 0 Å². The van der Waals surface area contributed by atoms with E-state index in [9.17, 15) is 14.4 Å². The van der Waals surface area contributed by atoms with Gasteiger partial charge >= 0.3 is 5.97 Å². The molecule has 0 saturated carbocycles. The number of aromatic carboxylic acids is 1. The number of aromatic amines is 1. The molecule has 0 radical (unpaired) electrons. The molecule has 0 unspecified atom stereocenters. The van der Waals surface area contributed by atoms with Gasteiger partial charge in [-0.15, -0.1) is 0 Å². The van der Waals surface area contributed by atoms with Gasteiger partial charge < -0.3 is 9.52 Å². The van der Waals surface area contributed by atoms with Crippen LogP contribution in [0.3, 0.4) is 0 Å². The number of carbonyl (C=O) groups is 1. The molecule has 0 aliphatic rings. The Morgan fingerprint density at radius 3 is 2.82 bits per heavy atom. The lowest BCUT2D eigenvalue weighted by Crippen LogP contribution is -2.28. The third-order valence-corrected chi connectivity index (χ3v) is 2.17. The van der Waals surface area contributed by atoms with Crippen molar-refractivity contribution in [1.29, 1.82) is 0 Å². The molecule has 0 saturated heterocycles.